The van der Waals surface area contributed by atoms with Crippen LogP contribution in [0.15, 0.2) is 18.2 Å². The van der Waals surface area contributed by atoms with Crippen LogP contribution < -0.4 is 10.6 Å². The van der Waals surface area contributed by atoms with Gasteiger partial charge in [0.1, 0.15) is 6.61 Å². The third-order valence-corrected chi connectivity index (χ3v) is 4.71. The van der Waals surface area contributed by atoms with Crippen molar-refractivity contribution in [3.63, 3.8) is 0 Å². The average molecular weight is 314 g/mol. The van der Waals surface area contributed by atoms with Gasteiger partial charge in [-0.2, -0.15) is 0 Å². The Morgan fingerprint density at radius 3 is 2.48 bits per heavy atom. The summed E-state index contributed by atoms with van der Waals surface area (Å²) in [5, 5.41) is 0. The lowest BCUT2D eigenvalue weighted by molar-refractivity contribution is 0.0529. The summed E-state index contributed by atoms with van der Waals surface area (Å²) < 4.78 is 28.0. The molecular weight excluding hydrogens is 292 g/mol. The molecule has 118 valence electrons. The van der Waals surface area contributed by atoms with Gasteiger partial charge in [0.05, 0.1) is 28.4 Å². The first-order chi connectivity index (χ1) is 9.76. The molecule has 1 aromatic rings. The van der Waals surface area contributed by atoms with Crippen LogP contribution in [-0.4, -0.2) is 46.6 Å². The number of hydrogen-bond acceptors (Lipinski definition) is 6. The molecule has 0 atom stereocenters. The number of esters is 1. The quantitative estimate of drug-likeness (QED) is 0.603. The summed E-state index contributed by atoms with van der Waals surface area (Å²) in [4.78, 5) is 13.7. The molecule has 21 heavy (non-hydrogen) atoms. The zero-order chi connectivity index (χ0) is 16.0. The first-order valence-corrected chi connectivity index (χ1v) is 8.53. The van der Waals surface area contributed by atoms with Gasteiger partial charge in [0.15, 0.2) is 9.84 Å². The summed E-state index contributed by atoms with van der Waals surface area (Å²) in [6, 6.07) is 4.85. The minimum atomic E-state index is -3.14. The molecule has 0 saturated heterocycles. The van der Waals surface area contributed by atoms with Crippen molar-refractivity contribution in [3.05, 3.63) is 23.8 Å². The van der Waals surface area contributed by atoms with Gasteiger partial charge in [-0.05, 0) is 24.6 Å². The molecule has 0 radical (unpaired) electrons. The van der Waals surface area contributed by atoms with Gasteiger partial charge in [-0.3, -0.25) is 0 Å². The molecule has 1 rings (SSSR count). The molecule has 7 heteroatoms. The van der Waals surface area contributed by atoms with Crippen LogP contribution in [0.3, 0.4) is 0 Å². The molecule has 0 fully saturated rings. The van der Waals surface area contributed by atoms with Crippen molar-refractivity contribution in [2.24, 2.45) is 0 Å². The standard InChI is InChI=1S/C14H22N2O4S/c1-4-8-21(18,19)9-7-20-14(17)11-5-6-13(16(2)3)12(15)10-11/h5-6,10H,4,7-9,15H2,1-3H3. The van der Waals surface area contributed by atoms with E-state index in [2.05, 4.69) is 0 Å². The summed E-state index contributed by atoms with van der Waals surface area (Å²) in [5.74, 6) is -0.619. The predicted octanol–water partition coefficient (Wildman–Crippen LogP) is 1.32. The summed E-state index contributed by atoms with van der Waals surface area (Å²) >= 11 is 0. The van der Waals surface area contributed by atoms with E-state index >= 15 is 0 Å². The molecule has 0 saturated carbocycles. The molecule has 2 N–H and O–H groups in total. The SMILES string of the molecule is CCCS(=O)(=O)CCOC(=O)c1ccc(N(C)C)c(N)c1. The number of sulfone groups is 1. The number of nitrogens with two attached hydrogens (primary N) is 1. The van der Waals surface area contributed by atoms with Crippen molar-refractivity contribution in [1.29, 1.82) is 0 Å². The molecule has 6 nitrogen and oxygen atoms in total. The fourth-order valence-corrected chi connectivity index (χ4v) is 3.01. The molecular formula is C14H22N2O4S. The number of carbonyl (C=O) groups excluding carboxylic acids is 1. The predicted molar refractivity (Wildman–Crippen MR) is 84.4 cm³/mol. The van der Waals surface area contributed by atoms with Crippen LogP contribution in [0.25, 0.3) is 0 Å². The van der Waals surface area contributed by atoms with Crippen LogP contribution in [0.5, 0.6) is 0 Å². The Balaban J connectivity index is 2.63. The number of rotatable bonds is 7. The van der Waals surface area contributed by atoms with Crippen molar-refractivity contribution in [3.8, 4) is 0 Å². The molecule has 0 aliphatic heterocycles. The maximum Gasteiger partial charge on any atom is 0.338 e. The highest BCUT2D eigenvalue weighted by Crippen LogP contribution is 2.22. The maximum atomic E-state index is 11.8. The Hall–Kier alpha value is -1.76. The van der Waals surface area contributed by atoms with Gasteiger partial charge in [-0.15, -0.1) is 0 Å². The second-order valence-corrected chi connectivity index (χ2v) is 7.26. The van der Waals surface area contributed by atoms with Gasteiger partial charge in [-0.25, -0.2) is 13.2 Å². The van der Waals surface area contributed by atoms with Crippen LogP contribution >= 0.6 is 0 Å². The number of hydrogen-bond donors (Lipinski definition) is 1. The molecule has 0 aromatic heterocycles. The van der Waals surface area contributed by atoms with Gasteiger partial charge in [-0.1, -0.05) is 6.92 Å². The number of benzene rings is 1. The summed E-state index contributed by atoms with van der Waals surface area (Å²) in [6.07, 6.45) is 0.554. The first kappa shape index (κ1) is 17.3. The van der Waals surface area contributed by atoms with E-state index in [9.17, 15) is 13.2 Å². The minimum Gasteiger partial charge on any atom is -0.461 e. The third-order valence-electron chi connectivity index (χ3n) is 2.89. The number of nitrogen functional groups attached to an aromatic ring is 1. The topological polar surface area (TPSA) is 89.7 Å². The number of anilines is 2. The molecule has 0 bridgehead atoms. The van der Waals surface area contributed by atoms with Crippen molar-refractivity contribution in [1.82, 2.24) is 0 Å². The van der Waals surface area contributed by atoms with E-state index in [1.807, 2.05) is 19.0 Å². The van der Waals surface area contributed by atoms with Crippen LogP contribution in [-0.2, 0) is 14.6 Å². The summed E-state index contributed by atoms with van der Waals surface area (Å²) in [5.41, 5.74) is 7.43. The Morgan fingerprint density at radius 2 is 1.95 bits per heavy atom. The zero-order valence-electron chi connectivity index (χ0n) is 12.6. The van der Waals surface area contributed by atoms with E-state index in [1.54, 1.807) is 19.1 Å². The molecule has 1 aromatic carbocycles. The molecule has 0 amide bonds. The molecule has 0 aliphatic carbocycles. The molecule has 0 aliphatic rings. The van der Waals surface area contributed by atoms with Crippen LogP contribution in [0.4, 0.5) is 11.4 Å². The van der Waals surface area contributed by atoms with E-state index in [1.165, 1.54) is 6.07 Å². The lowest BCUT2D eigenvalue weighted by Gasteiger charge is -2.15. The Kier molecular flexibility index (Phi) is 6.02. The third kappa shape index (κ3) is 5.26. The first-order valence-electron chi connectivity index (χ1n) is 6.71. The van der Waals surface area contributed by atoms with E-state index < -0.39 is 15.8 Å². The largest absolute Gasteiger partial charge is 0.461 e. The van der Waals surface area contributed by atoms with E-state index in [0.717, 1.165) is 5.69 Å². The molecule has 0 heterocycles. The van der Waals surface area contributed by atoms with Gasteiger partial charge in [0.25, 0.3) is 0 Å². The fraction of sp³-hybridized carbons (Fsp3) is 0.500. The van der Waals surface area contributed by atoms with Crippen molar-refractivity contribution in [2.75, 3.05) is 42.8 Å². The van der Waals surface area contributed by atoms with Crippen molar-refractivity contribution >= 4 is 27.2 Å². The van der Waals surface area contributed by atoms with Crippen LogP contribution in [0.2, 0.25) is 0 Å². The van der Waals surface area contributed by atoms with Gasteiger partial charge in [0, 0.05) is 14.1 Å². The zero-order valence-corrected chi connectivity index (χ0v) is 13.4. The van der Waals surface area contributed by atoms with E-state index in [-0.39, 0.29) is 18.1 Å². The lowest BCUT2D eigenvalue weighted by Crippen LogP contribution is -2.18. The van der Waals surface area contributed by atoms with Crippen LogP contribution in [0.1, 0.15) is 23.7 Å². The fourth-order valence-electron chi connectivity index (χ4n) is 1.85. The number of carbonyl (C=O) groups is 1. The van der Waals surface area contributed by atoms with Crippen molar-refractivity contribution in [2.45, 2.75) is 13.3 Å². The highest BCUT2D eigenvalue weighted by atomic mass is 32.2. The summed E-state index contributed by atoms with van der Waals surface area (Å²) in [6.45, 7) is 1.65. The average Bonchev–Trinajstić information content (AvgIpc) is 2.37. The monoisotopic (exact) mass is 314 g/mol. The minimum absolute atomic E-state index is 0.106. The van der Waals surface area contributed by atoms with Crippen LogP contribution in [0, 0.1) is 0 Å². The Bertz CT molecular complexity index is 597. The highest BCUT2D eigenvalue weighted by Gasteiger charge is 2.13. The Labute approximate surface area is 125 Å². The van der Waals surface area contributed by atoms with E-state index in [0.29, 0.717) is 17.7 Å². The van der Waals surface area contributed by atoms with Gasteiger partial charge < -0.3 is 15.4 Å². The molecule has 0 unspecified atom stereocenters. The van der Waals surface area contributed by atoms with E-state index in [4.69, 9.17) is 10.5 Å². The second kappa shape index (κ2) is 7.31. The second-order valence-electron chi connectivity index (χ2n) is 4.96. The summed E-state index contributed by atoms with van der Waals surface area (Å²) in [7, 11) is 0.555. The highest BCUT2D eigenvalue weighted by molar-refractivity contribution is 7.91. The smallest absolute Gasteiger partial charge is 0.338 e. The van der Waals surface area contributed by atoms with Gasteiger partial charge in [0.2, 0.25) is 0 Å². The molecule has 0 spiro atoms. The maximum absolute atomic E-state index is 11.8. The lowest BCUT2D eigenvalue weighted by atomic mass is 10.1. The van der Waals surface area contributed by atoms with Crippen molar-refractivity contribution < 1.29 is 17.9 Å². The number of ether oxygens (including phenoxy) is 1. The van der Waals surface area contributed by atoms with Gasteiger partial charge >= 0.3 is 5.97 Å². The Morgan fingerprint density at radius 1 is 1.29 bits per heavy atom. The normalized spacial score (nSPS) is 11.2. The number of nitrogens with zero attached hydrogens (tertiary/aromatic N) is 1.